The van der Waals surface area contributed by atoms with Crippen LogP contribution in [0.3, 0.4) is 0 Å². The number of benzene rings is 4. The Labute approximate surface area is 359 Å². The number of aromatic hydroxyl groups is 4. The zero-order chi connectivity index (χ0) is 43.6. The summed E-state index contributed by atoms with van der Waals surface area (Å²) in [5.41, 5.74) is 4.22. The molecule has 1 aliphatic rings. The van der Waals surface area contributed by atoms with Gasteiger partial charge in [0.25, 0.3) is 0 Å². The lowest BCUT2D eigenvalue weighted by molar-refractivity contribution is 0.220. The van der Waals surface area contributed by atoms with Crippen molar-refractivity contribution in [2.75, 3.05) is 28.4 Å². The molecule has 0 spiro atoms. The van der Waals surface area contributed by atoms with E-state index in [2.05, 4.69) is 26.2 Å². The SMILES string of the molecule is COc1cc(CCC[Si]2(C)O[Si](C)(CCCc3ccc(O)c(OC)c3)O[Si](C)(CCCc3ccc(O)c(OC)c3)O[Si](C)(CCCc3ccc(O)c(OC)c3)O2)ccc1O. The maximum absolute atomic E-state index is 10.2. The fourth-order valence-electron chi connectivity index (χ4n) is 8.28. The molecule has 1 heterocycles. The molecule has 16 heteroatoms. The molecule has 0 aliphatic carbocycles. The Morgan fingerprint density at radius 1 is 0.367 bits per heavy atom. The van der Waals surface area contributed by atoms with Crippen LogP contribution in [0, 0.1) is 0 Å². The van der Waals surface area contributed by atoms with E-state index in [0.29, 0.717) is 23.0 Å². The first-order chi connectivity index (χ1) is 28.5. The normalized spacial score (nSPS) is 23.1. The summed E-state index contributed by atoms with van der Waals surface area (Å²) < 4.78 is 51.5. The van der Waals surface area contributed by atoms with E-state index in [1.165, 1.54) is 0 Å². The van der Waals surface area contributed by atoms with Crippen LogP contribution in [0.15, 0.2) is 72.8 Å². The number of hydrogen-bond donors (Lipinski definition) is 4. The summed E-state index contributed by atoms with van der Waals surface area (Å²) in [6.45, 7) is 8.69. The smallest absolute Gasteiger partial charge is 0.317 e. The summed E-state index contributed by atoms with van der Waals surface area (Å²) in [5.74, 6) is 2.23. The van der Waals surface area contributed by atoms with Gasteiger partial charge in [-0.25, -0.2) is 0 Å². The zero-order valence-electron chi connectivity index (χ0n) is 36.5. The van der Waals surface area contributed by atoms with Gasteiger partial charge in [0.1, 0.15) is 0 Å². The van der Waals surface area contributed by atoms with Crippen LogP contribution in [0.5, 0.6) is 46.0 Å². The first-order valence-corrected chi connectivity index (χ1v) is 30.9. The van der Waals surface area contributed by atoms with Gasteiger partial charge in [-0.3, -0.25) is 0 Å². The molecule has 1 saturated heterocycles. The highest BCUT2D eigenvalue weighted by Crippen LogP contribution is 2.40. The quantitative estimate of drug-likeness (QED) is 0.0625. The van der Waals surface area contributed by atoms with Gasteiger partial charge in [0.15, 0.2) is 46.0 Å². The van der Waals surface area contributed by atoms with Crippen LogP contribution in [-0.4, -0.2) is 83.1 Å². The fraction of sp³-hybridized carbons (Fsp3) is 0.455. The second-order valence-corrected chi connectivity index (χ2v) is 30.7. The highest BCUT2D eigenvalue weighted by molar-refractivity contribution is 6.93. The minimum Gasteiger partial charge on any atom is -0.504 e. The van der Waals surface area contributed by atoms with Crippen LogP contribution in [0.4, 0.5) is 0 Å². The first kappa shape index (κ1) is 47.0. The average Bonchev–Trinajstić information content (AvgIpc) is 3.19. The molecule has 12 nitrogen and oxygen atoms in total. The van der Waals surface area contributed by atoms with Crippen LogP contribution < -0.4 is 18.9 Å². The van der Waals surface area contributed by atoms with Crippen LogP contribution in [-0.2, 0) is 42.1 Å². The van der Waals surface area contributed by atoms with E-state index >= 15 is 0 Å². The van der Waals surface area contributed by atoms with Crippen LogP contribution in [0.2, 0.25) is 50.4 Å². The van der Waals surface area contributed by atoms with E-state index in [1.807, 2.05) is 48.5 Å². The number of rotatable bonds is 20. The Morgan fingerprint density at radius 3 is 0.750 bits per heavy atom. The molecule has 1 aliphatic heterocycles. The number of methoxy groups -OCH3 is 4. The summed E-state index contributed by atoms with van der Waals surface area (Å²) >= 11 is 0. The van der Waals surface area contributed by atoms with Crippen LogP contribution in [0.25, 0.3) is 0 Å². The molecule has 4 N–H and O–H groups in total. The molecule has 5 rings (SSSR count). The lowest BCUT2D eigenvalue weighted by Gasteiger charge is -2.50. The van der Waals surface area contributed by atoms with Gasteiger partial charge in [0.2, 0.25) is 0 Å². The molecule has 328 valence electrons. The van der Waals surface area contributed by atoms with E-state index in [1.54, 1.807) is 52.7 Å². The molecular weight excluding hydrogens is 833 g/mol. The third-order valence-corrected chi connectivity index (χ3v) is 30.0. The first-order valence-electron chi connectivity index (χ1n) is 20.8. The van der Waals surface area contributed by atoms with Crippen molar-refractivity contribution in [3.8, 4) is 46.0 Å². The monoisotopic (exact) mass is 896 g/mol. The highest BCUT2D eigenvalue weighted by Gasteiger charge is 2.56. The van der Waals surface area contributed by atoms with E-state index in [4.69, 9.17) is 35.4 Å². The molecule has 60 heavy (non-hydrogen) atoms. The van der Waals surface area contributed by atoms with Crippen molar-refractivity contribution < 1.29 is 55.8 Å². The minimum absolute atomic E-state index is 0.110. The third kappa shape index (κ3) is 13.0. The molecule has 0 atom stereocenters. The Bertz CT molecular complexity index is 1740. The summed E-state index contributed by atoms with van der Waals surface area (Å²) in [7, 11) is -5.67. The maximum Gasteiger partial charge on any atom is 0.317 e. The lowest BCUT2D eigenvalue weighted by atomic mass is 10.1. The predicted octanol–water partition coefficient (Wildman–Crippen LogP) is 9.74. The number of phenols is 4. The molecule has 0 aromatic heterocycles. The van der Waals surface area contributed by atoms with Crippen molar-refractivity contribution in [3.63, 3.8) is 0 Å². The summed E-state index contributed by atoms with van der Waals surface area (Å²) in [4.78, 5) is 0. The molecule has 1 fully saturated rings. The molecular formula is C44H64O12Si4. The largest absolute Gasteiger partial charge is 0.504 e. The van der Waals surface area contributed by atoms with Gasteiger partial charge in [-0.2, -0.15) is 0 Å². The van der Waals surface area contributed by atoms with Gasteiger partial charge in [-0.05, 0) is 173 Å². The van der Waals surface area contributed by atoms with Gasteiger partial charge in [0, 0.05) is 0 Å². The molecule has 4 aromatic carbocycles. The van der Waals surface area contributed by atoms with Gasteiger partial charge < -0.3 is 55.8 Å². The van der Waals surface area contributed by atoms with Crippen molar-refractivity contribution >= 4 is 34.2 Å². The van der Waals surface area contributed by atoms with Crippen molar-refractivity contribution in [1.29, 1.82) is 0 Å². The van der Waals surface area contributed by atoms with E-state index < -0.39 is 34.2 Å². The summed E-state index contributed by atoms with van der Waals surface area (Å²) in [6, 6.07) is 24.8. The highest BCUT2D eigenvalue weighted by atomic mass is 28.5. The lowest BCUT2D eigenvalue weighted by Crippen LogP contribution is -2.67. The third-order valence-electron chi connectivity index (χ3n) is 11.1. The van der Waals surface area contributed by atoms with Gasteiger partial charge in [-0.15, -0.1) is 0 Å². The van der Waals surface area contributed by atoms with Gasteiger partial charge in [0.05, 0.1) is 28.4 Å². The summed E-state index contributed by atoms with van der Waals surface area (Å²) in [5, 5.41) is 40.8. The minimum atomic E-state index is -2.97. The molecule has 0 radical (unpaired) electrons. The second-order valence-electron chi connectivity index (χ2n) is 16.4. The van der Waals surface area contributed by atoms with Crippen LogP contribution in [0.1, 0.15) is 47.9 Å². The maximum atomic E-state index is 10.2. The Balaban J connectivity index is 1.43. The van der Waals surface area contributed by atoms with E-state index in [0.717, 1.165) is 97.8 Å². The van der Waals surface area contributed by atoms with Crippen molar-refractivity contribution in [1.82, 2.24) is 0 Å². The van der Waals surface area contributed by atoms with Crippen molar-refractivity contribution in [2.24, 2.45) is 0 Å². The van der Waals surface area contributed by atoms with Gasteiger partial charge in [-0.1, -0.05) is 24.3 Å². The van der Waals surface area contributed by atoms with Crippen molar-refractivity contribution in [3.05, 3.63) is 95.1 Å². The number of ether oxygens (including phenoxy) is 4. The molecule has 0 amide bonds. The summed E-state index contributed by atoms with van der Waals surface area (Å²) in [6.07, 6.45) is 6.23. The predicted molar refractivity (Wildman–Crippen MR) is 242 cm³/mol. The number of phenolic OH excluding ortho intramolecular Hbond substituents is 4. The topological polar surface area (TPSA) is 155 Å². The molecule has 0 unspecified atom stereocenters. The molecule has 0 saturated carbocycles. The van der Waals surface area contributed by atoms with E-state index in [9.17, 15) is 20.4 Å². The molecule has 4 aromatic rings. The zero-order valence-corrected chi connectivity index (χ0v) is 40.5. The molecule has 0 bridgehead atoms. The Kier molecular flexibility index (Phi) is 16.2. The van der Waals surface area contributed by atoms with Gasteiger partial charge >= 0.3 is 34.2 Å². The van der Waals surface area contributed by atoms with Crippen molar-refractivity contribution in [2.45, 2.75) is 102 Å². The Morgan fingerprint density at radius 2 is 0.567 bits per heavy atom. The fourth-order valence-corrected chi connectivity index (χ4v) is 31.6. The average molecular weight is 897 g/mol. The standard InChI is InChI=1S/C44H64O12Si4/c1-49-41-29-33(17-21-37(41)45)13-9-25-57(5)53-58(6,26-10-14-34-18-22-38(46)42(30-34)50-2)55-60(8,28-12-16-36-20-24-40(48)44(32-36)52-4)56-59(7,54-57)27-11-15-35-19-23-39(47)43(31-35)51-3/h17-24,29-32,45-48H,9-16,25-28H2,1-8H3. The second kappa shape index (κ2) is 20.7. The van der Waals surface area contributed by atoms with Crippen LogP contribution >= 0.6 is 0 Å². The Hall–Kier alpha value is -4.01. The number of aryl methyl sites for hydroxylation is 4. The number of hydrogen-bond acceptors (Lipinski definition) is 12. The van der Waals surface area contributed by atoms with E-state index in [-0.39, 0.29) is 23.0 Å².